The van der Waals surface area contributed by atoms with Crippen LogP contribution in [0.3, 0.4) is 0 Å². The van der Waals surface area contributed by atoms with E-state index in [1.807, 2.05) is 30.3 Å². The molecule has 1 aromatic heterocycles. The first-order chi connectivity index (χ1) is 12.9. The number of rotatable bonds is 7. The number of carbonyl (C=O) groups is 1. The minimum atomic E-state index is -3.80. The molecule has 5 nitrogen and oxygen atoms in total. The third-order valence-electron chi connectivity index (χ3n) is 3.75. The third kappa shape index (κ3) is 5.40. The molecule has 0 aliphatic heterocycles. The van der Waals surface area contributed by atoms with Gasteiger partial charge in [-0.1, -0.05) is 54.1 Å². The van der Waals surface area contributed by atoms with Crippen molar-refractivity contribution in [3.63, 3.8) is 0 Å². The maximum absolute atomic E-state index is 12.8. The molecule has 8 heteroatoms. The average Bonchev–Trinajstić information content (AvgIpc) is 3.17. The largest absolute Gasteiger partial charge is 0.325 e. The van der Waals surface area contributed by atoms with E-state index in [4.69, 9.17) is 11.6 Å². The topological polar surface area (TPSA) is 75.3 Å². The summed E-state index contributed by atoms with van der Waals surface area (Å²) in [6.07, 6.45) is 0.220. The zero-order valence-electron chi connectivity index (χ0n) is 14.1. The van der Waals surface area contributed by atoms with Gasteiger partial charge in [0, 0.05) is 10.7 Å². The Morgan fingerprint density at radius 2 is 1.81 bits per heavy atom. The van der Waals surface area contributed by atoms with Crippen molar-refractivity contribution in [3.05, 3.63) is 82.7 Å². The van der Waals surface area contributed by atoms with Crippen LogP contribution in [0.2, 0.25) is 5.02 Å². The maximum Gasteiger partial charge on any atom is 0.250 e. The van der Waals surface area contributed by atoms with E-state index in [0.717, 1.165) is 16.9 Å². The lowest BCUT2D eigenvalue weighted by atomic mass is 10.1. The lowest BCUT2D eigenvalue weighted by Crippen LogP contribution is -2.45. The van der Waals surface area contributed by atoms with Crippen molar-refractivity contribution >= 4 is 44.6 Å². The highest BCUT2D eigenvalue weighted by Crippen LogP contribution is 2.18. The molecule has 0 aliphatic rings. The minimum Gasteiger partial charge on any atom is -0.325 e. The first kappa shape index (κ1) is 19.6. The predicted octanol–water partition coefficient (Wildman–Crippen LogP) is 3.93. The second-order valence-electron chi connectivity index (χ2n) is 5.80. The molecule has 1 unspecified atom stereocenters. The molecular weight excluding hydrogens is 404 g/mol. The van der Waals surface area contributed by atoms with Crippen LogP contribution in [-0.2, 0) is 21.2 Å². The zero-order valence-corrected chi connectivity index (χ0v) is 16.5. The number of sulfonamides is 1. The van der Waals surface area contributed by atoms with Crippen LogP contribution < -0.4 is 10.0 Å². The van der Waals surface area contributed by atoms with Gasteiger partial charge in [0.15, 0.2) is 0 Å². The minimum absolute atomic E-state index is 0.163. The van der Waals surface area contributed by atoms with Gasteiger partial charge in [-0.05, 0) is 41.6 Å². The summed E-state index contributed by atoms with van der Waals surface area (Å²) in [6, 6.07) is 18.1. The Balaban J connectivity index is 1.83. The Kier molecular flexibility index (Phi) is 6.28. The summed E-state index contributed by atoms with van der Waals surface area (Å²) in [7, 11) is -3.80. The molecule has 2 N–H and O–H groups in total. The molecule has 0 saturated carbocycles. The Labute approximate surface area is 167 Å². The van der Waals surface area contributed by atoms with Crippen molar-refractivity contribution < 1.29 is 13.2 Å². The van der Waals surface area contributed by atoms with Gasteiger partial charge in [0.1, 0.15) is 10.3 Å². The summed E-state index contributed by atoms with van der Waals surface area (Å²) < 4.78 is 27.9. The van der Waals surface area contributed by atoms with Crippen molar-refractivity contribution in [2.24, 2.45) is 0 Å². The molecule has 0 fully saturated rings. The van der Waals surface area contributed by atoms with Gasteiger partial charge in [0.25, 0.3) is 10.0 Å². The number of thiophene rings is 1. The van der Waals surface area contributed by atoms with Crippen LogP contribution in [0.4, 0.5) is 5.69 Å². The van der Waals surface area contributed by atoms with E-state index in [1.165, 1.54) is 6.07 Å². The van der Waals surface area contributed by atoms with Crippen LogP contribution >= 0.6 is 22.9 Å². The second kappa shape index (κ2) is 8.67. The highest BCUT2D eigenvalue weighted by molar-refractivity contribution is 7.91. The Morgan fingerprint density at radius 3 is 2.48 bits per heavy atom. The molecular formula is C19H17ClN2O3S2. The molecule has 0 saturated heterocycles. The molecule has 0 radical (unpaired) electrons. The molecule has 3 aromatic rings. The molecule has 2 aromatic carbocycles. The molecule has 0 aliphatic carbocycles. The SMILES string of the molecule is O=C(Nc1cccc(Cl)c1)C(Cc1ccccc1)NS(=O)(=O)c1cccs1. The molecule has 0 spiro atoms. The third-order valence-corrected chi connectivity index (χ3v) is 6.85. The van der Waals surface area contributed by atoms with Crippen LogP contribution in [0.5, 0.6) is 0 Å². The number of halogens is 1. The fourth-order valence-corrected chi connectivity index (χ4v) is 4.89. The van der Waals surface area contributed by atoms with Gasteiger partial charge in [-0.3, -0.25) is 4.79 Å². The Hall–Kier alpha value is -2.19. The van der Waals surface area contributed by atoms with Crippen molar-refractivity contribution in [3.8, 4) is 0 Å². The van der Waals surface area contributed by atoms with Crippen molar-refractivity contribution in [1.29, 1.82) is 0 Å². The van der Waals surface area contributed by atoms with Crippen LogP contribution in [0, 0.1) is 0 Å². The lowest BCUT2D eigenvalue weighted by Gasteiger charge is -2.18. The van der Waals surface area contributed by atoms with Gasteiger partial charge < -0.3 is 5.32 Å². The number of hydrogen-bond donors (Lipinski definition) is 2. The number of benzene rings is 2. The van der Waals surface area contributed by atoms with Crippen LogP contribution in [-0.4, -0.2) is 20.4 Å². The fraction of sp³-hybridized carbons (Fsp3) is 0.105. The Morgan fingerprint density at radius 1 is 1.04 bits per heavy atom. The summed E-state index contributed by atoms with van der Waals surface area (Å²) in [5, 5.41) is 4.88. The van der Waals surface area contributed by atoms with Crippen LogP contribution in [0.25, 0.3) is 0 Å². The standard InChI is InChI=1S/C19H17ClN2O3S2/c20-15-8-4-9-16(13-15)21-19(23)17(12-14-6-2-1-3-7-14)22-27(24,25)18-10-5-11-26-18/h1-11,13,17,22H,12H2,(H,21,23). The quantitative estimate of drug-likeness (QED) is 0.608. The van der Waals surface area contributed by atoms with Crippen LogP contribution in [0.15, 0.2) is 76.3 Å². The molecule has 3 rings (SSSR count). The van der Waals surface area contributed by atoms with E-state index in [-0.39, 0.29) is 10.6 Å². The summed E-state index contributed by atoms with van der Waals surface area (Å²) in [5.41, 5.74) is 1.35. The lowest BCUT2D eigenvalue weighted by molar-refractivity contribution is -0.117. The number of nitrogens with one attached hydrogen (secondary N) is 2. The van der Waals surface area contributed by atoms with E-state index in [0.29, 0.717) is 10.7 Å². The molecule has 1 atom stereocenters. The molecule has 1 amide bonds. The summed E-state index contributed by atoms with van der Waals surface area (Å²) in [5.74, 6) is -0.457. The van der Waals surface area contributed by atoms with E-state index in [2.05, 4.69) is 10.0 Å². The highest BCUT2D eigenvalue weighted by Gasteiger charge is 2.26. The number of anilines is 1. The fourth-order valence-electron chi connectivity index (χ4n) is 2.50. The Bertz CT molecular complexity index is 1010. The number of hydrogen-bond acceptors (Lipinski definition) is 4. The highest BCUT2D eigenvalue weighted by atomic mass is 35.5. The van der Waals surface area contributed by atoms with Gasteiger partial charge in [0.05, 0.1) is 0 Å². The van der Waals surface area contributed by atoms with Gasteiger partial charge >= 0.3 is 0 Å². The smallest absolute Gasteiger partial charge is 0.250 e. The second-order valence-corrected chi connectivity index (χ2v) is 9.12. The summed E-state index contributed by atoms with van der Waals surface area (Å²) in [6.45, 7) is 0. The van der Waals surface area contributed by atoms with E-state index in [9.17, 15) is 13.2 Å². The number of amides is 1. The van der Waals surface area contributed by atoms with Crippen molar-refractivity contribution in [2.45, 2.75) is 16.7 Å². The van der Waals surface area contributed by atoms with Crippen molar-refractivity contribution in [1.82, 2.24) is 4.72 Å². The van der Waals surface area contributed by atoms with E-state index in [1.54, 1.807) is 35.7 Å². The van der Waals surface area contributed by atoms with Gasteiger partial charge in [-0.2, -0.15) is 4.72 Å². The molecule has 27 heavy (non-hydrogen) atoms. The monoisotopic (exact) mass is 420 g/mol. The normalized spacial score (nSPS) is 12.5. The first-order valence-corrected chi connectivity index (χ1v) is 10.8. The summed E-state index contributed by atoms with van der Waals surface area (Å²) >= 11 is 7.05. The van der Waals surface area contributed by atoms with Crippen LogP contribution in [0.1, 0.15) is 5.56 Å². The number of carbonyl (C=O) groups excluding carboxylic acids is 1. The maximum atomic E-state index is 12.8. The summed E-state index contributed by atoms with van der Waals surface area (Å²) in [4.78, 5) is 12.8. The zero-order chi connectivity index (χ0) is 19.3. The van der Waals surface area contributed by atoms with Gasteiger partial charge in [-0.15, -0.1) is 11.3 Å². The predicted molar refractivity (Wildman–Crippen MR) is 109 cm³/mol. The van der Waals surface area contributed by atoms with E-state index >= 15 is 0 Å². The van der Waals surface area contributed by atoms with E-state index < -0.39 is 22.0 Å². The average molecular weight is 421 g/mol. The molecule has 1 heterocycles. The first-order valence-electron chi connectivity index (χ1n) is 8.10. The molecule has 140 valence electrons. The van der Waals surface area contributed by atoms with Gasteiger partial charge in [-0.25, -0.2) is 8.42 Å². The van der Waals surface area contributed by atoms with Crippen molar-refractivity contribution in [2.75, 3.05) is 5.32 Å². The van der Waals surface area contributed by atoms with Gasteiger partial charge in [0.2, 0.25) is 5.91 Å². The molecule has 0 bridgehead atoms.